The first-order valence-corrected chi connectivity index (χ1v) is 9.82. The van der Waals surface area contributed by atoms with E-state index >= 15 is 0 Å². The molecule has 1 spiro atoms. The molecule has 1 unspecified atom stereocenters. The van der Waals surface area contributed by atoms with Crippen LogP contribution in [0, 0.1) is 0 Å². The average Bonchev–Trinajstić information content (AvgIpc) is 3.07. The van der Waals surface area contributed by atoms with Gasteiger partial charge in [0.1, 0.15) is 0 Å². The predicted molar refractivity (Wildman–Crippen MR) is 101 cm³/mol. The maximum absolute atomic E-state index is 6.38. The molecule has 0 bridgehead atoms. The third-order valence-electron chi connectivity index (χ3n) is 6.67. The van der Waals surface area contributed by atoms with Crippen LogP contribution in [0.2, 0.25) is 0 Å². The Labute approximate surface area is 150 Å². The van der Waals surface area contributed by atoms with Crippen LogP contribution >= 0.6 is 0 Å². The van der Waals surface area contributed by atoms with E-state index in [-0.39, 0.29) is 5.60 Å². The van der Waals surface area contributed by atoms with E-state index in [1.165, 1.54) is 56.4 Å². The highest BCUT2D eigenvalue weighted by atomic mass is 16.5. The van der Waals surface area contributed by atoms with Crippen molar-refractivity contribution in [1.82, 2.24) is 4.90 Å². The predicted octanol–water partition coefficient (Wildman–Crippen LogP) is 4.32. The summed E-state index contributed by atoms with van der Waals surface area (Å²) in [6.07, 6.45) is 6.04. The molecule has 2 nitrogen and oxygen atoms in total. The Balaban J connectivity index is 1.23. The van der Waals surface area contributed by atoms with Crippen LogP contribution in [0.25, 0.3) is 0 Å². The van der Waals surface area contributed by atoms with E-state index in [9.17, 15) is 0 Å². The first-order chi connectivity index (χ1) is 12.3. The van der Waals surface area contributed by atoms with Crippen molar-refractivity contribution in [1.29, 1.82) is 0 Å². The van der Waals surface area contributed by atoms with E-state index in [0.717, 1.165) is 18.9 Å². The molecule has 0 amide bonds. The third kappa shape index (κ3) is 2.92. The molecule has 1 fully saturated rings. The number of hydrogen-bond acceptors (Lipinski definition) is 2. The highest BCUT2D eigenvalue weighted by Gasteiger charge is 2.39. The number of benzene rings is 2. The molecule has 2 aromatic carbocycles. The first kappa shape index (κ1) is 15.6. The number of hydrogen-bond donors (Lipinski definition) is 0. The Bertz CT molecular complexity index is 760. The lowest BCUT2D eigenvalue weighted by Crippen LogP contribution is -2.49. The smallest absolute Gasteiger partial charge is 0.0751 e. The quantitative estimate of drug-likeness (QED) is 0.811. The van der Waals surface area contributed by atoms with Gasteiger partial charge in [0.25, 0.3) is 0 Å². The fourth-order valence-electron chi connectivity index (χ4n) is 5.11. The molecule has 2 aliphatic heterocycles. The number of rotatable bonds is 2. The van der Waals surface area contributed by atoms with Crippen LogP contribution in [0.5, 0.6) is 0 Å². The lowest BCUT2D eigenvalue weighted by Gasteiger charge is -2.45. The fraction of sp³-hybridized carbons (Fsp3) is 0.478. The summed E-state index contributed by atoms with van der Waals surface area (Å²) >= 11 is 0. The second-order valence-electron chi connectivity index (χ2n) is 8.15. The molecule has 130 valence electrons. The van der Waals surface area contributed by atoms with Crippen LogP contribution in [0.1, 0.15) is 47.4 Å². The van der Waals surface area contributed by atoms with Crippen LogP contribution in [0.3, 0.4) is 0 Å². The summed E-state index contributed by atoms with van der Waals surface area (Å²) in [7, 11) is 0. The molecule has 2 heterocycles. The van der Waals surface area contributed by atoms with Gasteiger partial charge >= 0.3 is 0 Å². The minimum atomic E-state index is 0.0957. The minimum Gasteiger partial charge on any atom is -0.370 e. The zero-order valence-electron chi connectivity index (χ0n) is 14.9. The molecule has 0 aromatic heterocycles. The lowest BCUT2D eigenvalue weighted by atomic mass is 9.81. The first-order valence-electron chi connectivity index (χ1n) is 9.82. The van der Waals surface area contributed by atoms with Gasteiger partial charge in [-0.25, -0.2) is 0 Å². The van der Waals surface area contributed by atoms with E-state index in [2.05, 4.69) is 53.4 Å². The van der Waals surface area contributed by atoms with Gasteiger partial charge in [-0.2, -0.15) is 0 Å². The fourth-order valence-corrected chi connectivity index (χ4v) is 5.11. The van der Waals surface area contributed by atoms with Gasteiger partial charge in [0.05, 0.1) is 12.2 Å². The summed E-state index contributed by atoms with van der Waals surface area (Å²) in [6.45, 7) is 4.39. The van der Waals surface area contributed by atoms with Gasteiger partial charge in [-0.15, -0.1) is 0 Å². The Morgan fingerprint density at radius 2 is 1.64 bits per heavy atom. The maximum Gasteiger partial charge on any atom is 0.0751 e. The summed E-state index contributed by atoms with van der Waals surface area (Å²) in [6, 6.07) is 17.9. The van der Waals surface area contributed by atoms with Crippen LogP contribution in [0.15, 0.2) is 48.5 Å². The molecule has 0 saturated carbocycles. The standard InChI is InChI=1S/C23H27NO/c1-2-7-21-17-25-23(15-19(21)6-1)11-13-24(14-12-23)16-20-10-9-18-5-3-4-8-22(18)20/h1-8,20H,9-17H2. The third-order valence-corrected chi connectivity index (χ3v) is 6.67. The molecule has 25 heavy (non-hydrogen) atoms. The van der Waals surface area contributed by atoms with Crippen LogP contribution in [-0.4, -0.2) is 30.1 Å². The minimum absolute atomic E-state index is 0.0957. The molecule has 1 aliphatic carbocycles. The number of fused-ring (bicyclic) bond motifs is 2. The second kappa shape index (κ2) is 6.26. The van der Waals surface area contributed by atoms with Crippen molar-refractivity contribution >= 4 is 0 Å². The van der Waals surface area contributed by atoms with Crippen LogP contribution in [-0.2, 0) is 24.2 Å². The van der Waals surface area contributed by atoms with Crippen molar-refractivity contribution < 1.29 is 4.74 Å². The molecule has 3 aliphatic rings. The SMILES string of the molecule is c1ccc2c(c1)COC1(CCN(CC3CCc4ccccc43)CC1)C2. The van der Waals surface area contributed by atoms with Crippen molar-refractivity contribution in [3.63, 3.8) is 0 Å². The maximum atomic E-state index is 6.38. The van der Waals surface area contributed by atoms with Gasteiger partial charge in [-0.05, 0) is 53.9 Å². The molecule has 0 N–H and O–H groups in total. The number of nitrogens with zero attached hydrogens (tertiary/aromatic N) is 1. The van der Waals surface area contributed by atoms with Gasteiger partial charge in [0.2, 0.25) is 0 Å². The van der Waals surface area contributed by atoms with Crippen LogP contribution < -0.4 is 0 Å². The molecular formula is C23H27NO. The number of aryl methyl sites for hydroxylation is 1. The van der Waals surface area contributed by atoms with Crippen molar-refractivity contribution in [2.24, 2.45) is 0 Å². The Hall–Kier alpha value is -1.64. The topological polar surface area (TPSA) is 12.5 Å². The average molecular weight is 333 g/mol. The summed E-state index contributed by atoms with van der Waals surface area (Å²) in [5, 5.41) is 0. The number of piperidine rings is 1. The number of ether oxygens (including phenoxy) is 1. The van der Waals surface area contributed by atoms with E-state index < -0.39 is 0 Å². The van der Waals surface area contributed by atoms with Gasteiger partial charge in [0.15, 0.2) is 0 Å². The Morgan fingerprint density at radius 1 is 0.920 bits per heavy atom. The molecule has 2 heteroatoms. The van der Waals surface area contributed by atoms with Crippen molar-refractivity contribution in [2.45, 2.75) is 50.2 Å². The molecule has 1 saturated heterocycles. The van der Waals surface area contributed by atoms with E-state index in [1.807, 2.05) is 0 Å². The van der Waals surface area contributed by atoms with E-state index in [4.69, 9.17) is 4.74 Å². The monoisotopic (exact) mass is 333 g/mol. The Kier molecular flexibility index (Phi) is 3.91. The molecular weight excluding hydrogens is 306 g/mol. The highest BCUT2D eigenvalue weighted by molar-refractivity contribution is 5.35. The van der Waals surface area contributed by atoms with Gasteiger partial charge in [-0.1, -0.05) is 48.5 Å². The normalized spacial score (nSPS) is 24.9. The van der Waals surface area contributed by atoms with Crippen molar-refractivity contribution in [3.05, 3.63) is 70.8 Å². The van der Waals surface area contributed by atoms with E-state index in [1.54, 1.807) is 11.1 Å². The van der Waals surface area contributed by atoms with Crippen molar-refractivity contribution in [3.8, 4) is 0 Å². The summed E-state index contributed by atoms with van der Waals surface area (Å²) < 4.78 is 6.38. The molecule has 1 atom stereocenters. The second-order valence-corrected chi connectivity index (χ2v) is 8.15. The van der Waals surface area contributed by atoms with E-state index in [0.29, 0.717) is 0 Å². The van der Waals surface area contributed by atoms with Gasteiger partial charge < -0.3 is 9.64 Å². The Morgan fingerprint density at radius 3 is 2.48 bits per heavy atom. The number of likely N-dealkylation sites (tertiary alicyclic amines) is 1. The highest BCUT2D eigenvalue weighted by Crippen LogP contribution is 2.38. The lowest BCUT2D eigenvalue weighted by molar-refractivity contribution is -0.102. The van der Waals surface area contributed by atoms with Gasteiger partial charge in [0, 0.05) is 26.1 Å². The molecule has 0 radical (unpaired) electrons. The summed E-state index contributed by atoms with van der Waals surface area (Å²) in [5.41, 5.74) is 6.17. The molecule has 2 aromatic rings. The summed E-state index contributed by atoms with van der Waals surface area (Å²) in [4.78, 5) is 2.68. The van der Waals surface area contributed by atoms with Crippen LogP contribution in [0.4, 0.5) is 0 Å². The largest absolute Gasteiger partial charge is 0.370 e. The molecule has 5 rings (SSSR count). The van der Waals surface area contributed by atoms with Gasteiger partial charge in [-0.3, -0.25) is 0 Å². The zero-order chi connectivity index (χ0) is 16.7. The van der Waals surface area contributed by atoms with Crippen molar-refractivity contribution in [2.75, 3.05) is 19.6 Å². The zero-order valence-corrected chi connectivity index (χ0v) is 14.9. The summed E-state index contributed by atoms with van der Waals surface area (Å²) in [5.74, 6) is 0.734.